The van der Waals surface area contributed by atoms with E-state index >= 15 is 0 Å². The largest absolute Gasteiger partial charge is 0.493 e. The van der Waals surface area contributed by atoms with Crippen molar-refractivity contribution in [2.24, 2.45) is 0 Å². The van der Waals surface area contributed by atoms with Crippen molar-refractivity contribution in [1.29, 1.82) is 0 Å². The number of nitrogens with one attached hydrogen (secondary N) is 1. The Morgan fingerprint density at radius 3 is 2.33 bits per heavy atom. The second-order valence-corrected chi connectivity index (χ2v) is 7.69. The number of aliphatic carboxylic acids is 1. The van der Waals surface area contributed by atoms with Crippen LogP contribution in [0.2, 0.25) is 0 Å². The maximum absolute atomic E-state index is 11.6. The molecule has 0 amide bonds. The summed E-state index contributed by atoms with van der Waals surface area (Å²) in [5, 5.41) is 12.6. The molecule has 4 aromatic rings. The van der Waals surface area contributed by atoms with Crippen LogP contribution in [0.1, 0.15) is 28.6 Å². The molecule has 0 bridgehead atoms. The fourth-order valence-electron chi connectivity index (χ4n) is 3.55. The van der Waals surface area contributed by atoms with Crippen LogP contribution < -0.4 is 10.1 Å². The van der Waals surface area contributed by atoms with Gasteiger partial charge in [-0.05, 0) is 42.3 Å². The lowest BCUT2D eigenvalue weighted by Gasteiger charge is -2.15. The van der Waals surface area contributed by atoms with Crippen LogP contribution >= 0.6 is 0 Å². The quantitative estimate of drug-likeness (QED) is 0.352. The highest BCUT2D eigenvalue weighted by atomic mass is 16.5. The van der Waals surface area contributed by atoms with Gasteiger partial charge in [-0.2, -0.15) is 0 Å². The number of carboxylic acids is 1. The summed E-state index contributed by atoms with van der Waals surface area (Å²) in [5.74, 6) is 1.26. The number of ether oxygens (including phenoxy) is 1. The van der Waals surface area contributed by atoms with Crippen LogP contribution in [0.15, 0.2) is 89.3 Å². The molecule has 0 saturated carbocycles. The minimum atomic E-state index is -0.903. The van der Waals surface area contributed by atoms with E-state index < -0.39 is 12.0 Å². The van der Waals surface area contributed by atoms with Crippen molar-refractivity contribution < 1.29 is 19.1 Å². The fourth-order valence-corrected chi connectivity index (χ4v) is 3.55. The van der Waals surface area contributed by atoms with Gasteiger partial charge in [0.05, 0.1) is 12.3 Å². The molecule has 6 nitrogen and oxygen atoms in total. The zero-order chi connectivity index (χ0) is 23.0. The summed E-state index contributed by atoms with van der Waals surface area (Å²) in [5.41, 5.74) is 3.54. The van der Waals surface area contributed by atoms with E-state index in [1.165, 1.54) is 0 Å². The Morgan fingerprint density at radius 2 is 1.67 bits per heavy atom. The Labute approximate surface area is 192 Å². The number of hydrogen-bond donors (Lipinski definition) is 2. The molecule has 0 aliphatic heterocycles. The van der Waals surface area contributed by atoms with E-state index in [1.807, 2.05) is 91.9 Å². The van der Waals surface area contributed by atoms with Crippen LogP contribution in [-0.2, 0) is 17.8 Å². The van der Waals surface area contributed by atoms with E-state index in [0.29, 0.717) is 25.5 Å². The molecular weight excluding hydrogens is 416 g/mol. The summed E-state index contributed by atoms with van der Waals surface area (Å²) >= 11 is 0. The molecule has 3 aromatic carbocycles. The van der Waals surface area contributed by atoms with Crippen molar-refractivity contribution in [3.63, 3.8) is 0 Å². The molecule has 0 fully saturated rings. The topological polar surface area (TPSA) is 84.6 Å². The lowest BCUT2D eigenvalue weighted by atomic mass is 10.1. The fraction of sp³-hybridized carbons (Fsp3) is 0.185. The number of aryl methyl sites for hydroxylation is 1. The molecule has 6 heteroatoms. The Morgan fingerprint density at radius 1 is 1.00 bits per heavy atom. The molecule has 4 rings (SSSR count). The van der Waals surface area contributed by atoms with E-state index in [0.717, 1.165) is 33.9 Å². The van der Waals surface area contributed by atoms with Gasteiger partial charge in [0, 0.05) is 18.5 Å². The highest BCUT2D eigenvalue weighted by Gasteiger charge is 2.18. The number of hydrogen-bond acceptors (Lipinski definition) is 5. The minimum absolute atomic E-state index is 0.437. The summed E-state index contributed by atoms with van der Waals surface area (Å²) in [6.07, 6.45) is 0.642. The van der Waals surface area contributed by atoms with Crippen LogP contribution in [0, 0.1) is 6.92 Å². The average molecular weight is 443 g/mol. The second kappa shape index (κ2) is 10.6. The predicted octanol–water partition coefficient (Wildman–Crippen LogP) is 5.19. The second-order valence-electron chi connectivity index (χ2n) is 7.69. The Kier molecular flexibility index (Phi) is 7.17. The van der Waals surface area contributed by atoms with Gasteiger partial charge in [0.15, 0.2) is 0 Å². The zero-order valence-electron chi connectivity index (χ0n) is 18.4. The van der Waals surface area contributed by atoms with Crippen molar-refractivity contribution in [2.75, 3.05) is 6.61 Å². The molecule has 0 radical (unpaired) electrons. The first-order valence-corrected chi connectivity index (χ1v) is 10.8. The molecule has 168 valence electrons. The van der Waals surface area contributed by atoms with E-state index in [1.54, 1.807) is 0 Å². The van der Waals surface area contributed by atoms with Crippen molar-refractivity contribution in [3.8, 4) is 17.2 Å². The smallest absolute Gasteiger partial charge is 0.325 e. The molecule has 2 N–H and O–H groups in total. The molecule has 0 spiro atoms. The first-order chi connectivity index (χ1) is 16.1. The van der Waals surface area contributed by atoms with Gasteiger partial charge >= 0.3 is 5.97 Å². The number of aromatic nitrogens is 1. The predicted molar refractivity (Wildman–Crippen MR) is 126 cm³/mol. The molecular formula is C27H26N2O4. The van der Waals surface area contributed by atoms with Gasteiger partial charge in [-0.25, -0.2) is 4.98 Å². The lowest BCUT2D eigenvalue weighted by Crippen LogP contribution is -2.28. The highest BCUT2D eigenvalue weighted by molar-refractivity contribution is 5.75. The number of rotatable bonds is 10. The van der Waals surface area contributed by atoms with Gasteiger partial charge < -0.3 is 14.3 Å². The highest BCUT2D eigenvalue weighted by Crippen LogP contribution is 2.22. The van der Waals surface area contributed by atoms with Gasteiger partial charge in [0.1, 0.15) is 17.6 Å². The van der Waals surface area contributed by atoms with Gasteiger partial charge in [0.25, 0.3) is 0 Å². The molecule has 1 heterocycles. The van der Waals surface area contributed by atoms with E-state index in [2.05, 4.69) is 10.3 Å². The van der Waals surface area contributed by atoms with Crippen molar-refractivity contribution >= 4 is 5.97 Å². The molecule has 0 aliphatic carbocycles. The molecule has 0 saturated heterocycles. The summed E-state index contributed by atoms with van der Waals surface area (Å²) in [6.45, 7) is 2.83. The average Bonchev–Trinajstić information content (AvgIpc) is 3.22. The molecule has 1 unspecified atom stereocenters. The first-order valence-electron chi connectivity index (χ1n) is 10.8. The van der Waals surface area contributed by atoms with Crippen LogP contribution in [0.25, 0.3) is 11.5 Å². The minimum Gasteiger partial charge on any atom is -0.493 e. The summed E-state index contributed by atoms with van der Waals surface area (Å²) in [6, 6.07) is 25.9. The van der Waals surface area contributed by atoms with Crippen molar-refractivity contribution in [2.45, 2.75) is 25.9 Å². The molecule has 1 atom stereocenters. The Bertz CT molecular complexity index is 1170. The monoisotopic (exact) mass is 442 g/mol. The molecule has 1 aromatic heterocycles. The number of carbonyl (C=O) groups is 1. The Hall–Kier alpha value is -3.90. The number of carboxylic acid groups (broad SMARTS) is 1. The number of nitrogens with zero attached hydrogens (tertiary/aromatic N) is 1. The van der Waals surface area contributed by atoms with Gasteiger partial charge in [-0.1, -0.05) is 60.7 Å². The molecule has 33 heavy (non-hydrogen) atoms. The standard InChI is InChI=1S/C27H26N2O4/c1-19-24(29-26(33-19)22-10-6-3-7-11-22)16-17-32-23-14-12-20(13-15-23)18-28-25(27(30)31)21-8-4-2-5-9-21/h2-15,25,28H,16-18H2,1H3,(H,30,31). The van der Waals surface area contributed by atoms with E-state index in [4.69, 9.17) is 9.15 Å². The SMILES string of the molecule is Cc1oc(-c2ccccc2)nc1CCOc1ccc(CNC(C(=O)O)c2ccccc2)cc1. The van der Waals surface area contributed by atoms with Gasteiger partial charge in [-0.3, -0.25) is 10.1 Å². The van der Waals surface area contributed by atoms with Gasteiger partial charge in [-0.15, -0.1) is 0 Å². The summed E-state index contributed by atoms with van der Waals surface area (Å²) < 4.78 is 11.7. The number of benzene rings is 3. The van der Waals surface area contributed by atoms with Gasteiger partial charge in [0.2, 0.25) is 5.89 Å². The van der Waals surface area contributed by atoms with Crippen molar-refractivity contribution in [1.82, 2.24) is 10.3 Å². The lowest BCUT2D eigenvalue weighted by molar-refractivity contribution is -0.139. The third kappa shape index (κ3) is 5.87. The van der Waals surface area contributed by atoms with Crippen LogP contribution in [0.4, 0.5) is 0 Å². The Balaban J connectivity index is 1.29. The first kappa shape index (κ1) is 22.3. The van der Waals surface area contributed by atoms with Crippen LogP contribution in [0.5, 0.6) is 5.75 Å². The third-order valence-electron chi connectivity index (χ3n) is 5.33. The van der Waals surface area contributed by atoms with Crippen LogP contribution in [-0.4, -0.2) is 22.7 Å². The van der Waals surface area contributed by atoms with Crippen molar-refractivity contribution in [3.05, 3.63) is 108 Å². The third-order valence-corrected chi connectivity index (χ3v) is 5.33. The summed E-state index contributed by atoms with van der Waals surface area (Å²) in [7, 11) is 0. The van der Waals surface area contributed by atoms with E-state index in [-0.39, 0.29) is 0 Å². The number of oxazole rings is 1. The normalized spacial score (nSPS) is 11.8. The summed E-state index contributed by atoms with van der Waals surface area (Å²) in [4.78, 5) is 16.2. The maximum Gasteiger partial charge on any atom is 0.325 e. The zero-order valence-corrected chi connectivity index (χ0v) is 18.4. The maximum atomic E-state index is 11.6. The van der Waals surface area contributed by atoms with Crippen LogP contribution in [0.3, 0.4) is 0 Å². The molecule has 0 aliphatic rings. The van der Waals surface area contributed by atoms with E-state index in [9.17, 15) is 9.90 Å².